The van der Waals surface area contributed by atoms with E-state index in [4.69, 9.17) is 5.73 Å². The Balaban J connectivity index is 2.89. The Morgan fingerprint density at radius 2 is 2.33 bits per heavy atom. The molecule has 0 saturated carbocycles. The molecule has 1 aromatic heterocycles. The molecule has 0 bridgehead atoms. The molecule has 0 radical (unpaired) electrons. The van der Waals surface area contributed by atoms with Gasteiger partial charge in [-0.3, -0.25) is 9.78 Å². The van der Waals surface area contributed by atoms with Crippen molar-refractivity contribution in [3.05, 3.63) is 30.1 Å². The number of nitrogens with two attached hydrogens (primary N) is 1. The van der Waals surface area contributed by atoms with Crippen LogP contribution in [-0.4, -0.2) is 22.6 Å². The highest BCUT2D eigenvalue weighted by molar-refractivity contribution is 5.75. The van der Waals surface area contributed by atoms with Gasteiger partial charge in [0, 0.05) is 24.9 Å². The van der Waals surface area contributed by atoms with Crippen molar-refractivity contribution in [1.29, 1.82) is 0 Å². The summed E-state index contributed by atoms with van der Waals surface area (Å²) >= 11 is 0. The lowest BCUT2D eigenvalue weighted by atomic mass is 9.80. The van der Waals surface area contributed by atoms with E-state index in [1.54, 1.807) is 12.3 Å². The van der Waals surface area contributed by atoms with Crippen LogP contribution in [0.3, 0.4) is 0 Å². The molecular weight excluding hydrogens is 192 g/mol. The van der Waals surface area contributed by atoms with Crippen LogP contribution in [0, 0.1) is 5.41 Å². The van der Waals surface area contributed by atoms with Crippen LogP contribution in [0.1, 0.15) is 19.0 Å². The van der Waals surface area contributed by atoms with Crippen LogP contribution in [-0.2, 0) is 11.2 Å². The fourth-order valence-electron chi connectivity index (χ4n) is 1.51. The molecule has 0 saturated heterocycles. The van der Waals surface area contributed by atoms with Gasteiger partial charge in [-0.05, 0) is 18.6 Å². The number of carbonyl (C=O) groups is 1. The second-order valence-electron chi connectivity index (χ2n) is 3.64. The standard InChI is InChI=1S/C11H16N2O2/c1-2-11(8-12,10(14)15)7-9-5-3-4-6-13-9/h3-6H,2,7-8,12H2,1H3,(H,14,15). The van der Waals surface area contributed by atoms with Crippen molar-refractivity contribution in [1.82, 2.24) is 4.98 Å². The summed E-state index contributed by atoms with van der Waals surface area (Å²) < 4.78 is 0. The second kappa shape index (κ2) is 4.89. The third-order valence-corrected chi connectivity index (χ3v) is 2.77. The Hall–Kier alpha value is -1.42. The van der Waals surface area contributed by atoms with Crippen molar-refractivity contribution < 1.29 is 9.90 Å². The van der Waals surface area contributed by atoms with E-state index in [2.05, 4.69) is 4.98 Å². The zero-order valence-corrected chi connectivity index (χ0v) is 8.81. The summed E-state index contributed by atoms with van der Waals surface area (Å²) in [5.41, 5.74) is 5.45. The van der Waals surface area contributed by atoms with E-state index in [1.165, 1.54) is 0 Å². The van der Waals surface area contributed by atoms with Crippen molar-refractivity contribution in [3.63, 3.8) is 0 Å². The van der Waals surface area contributed by atoms with Crippen LogP contribution < -0.4 is 5.73 Å². The molecule has 0 aliphatic carbocycles. The highest BCUT2D eigenvalue weighted by Gasteiger charge is 2.35. The molecule has 4 heteroatoms. The number of hydrogen-bond donors (Lipinski definition) is 2. The first-order valence-electron chi connectivity index (χ1n) is 4.98. The largest absolute Gasteiger partial charge is 0.481 e. The van der Waals surface area contributed by atoms with E-state index in [-0.39, 0.29) is 6.54 Å². The average molecular weight is 208 g/mol. The molecular formula is C11H16N2O2. The summed E-state index contributed by atoms with van der Waals surface area (Å²) in [6, 6.07) is 5.48. The monoisotopic (exact) mass is 208 g/mol. The molecule has 82 valence electrons. The van der Waals surface area contributed by atoms with Gasteiger partial charge in [0.2, 0.25) is 0 Å². The molecule has 1 rings (SSSR count). The molecule has 1 heterocycles. The highest BCUT2D eigenvalue weighted by atomic mass is 16.4. The average Bonchev–Trinajstić information content (AvgIpc) is 2.27. The van der Waals surface area contributed by atoms with Crippen LogP contribution in [0.15, 0.2) is 24.4 Å². The molecule has 0 fully saturated rings. The van der Waals surface area contributed by atoms with Crippen molar-refractivity contribution in [2.45, 2.75) is 19.8 Å². The lowest BCUT2D eigenvalue weighted by Crippen LogP contribution is -2.40. The summed E-state index contributed by atoms with van der Waals surface area (Å²) in [4.78, 5) is 15.3. The number of carboxylic acid groups (broad SMARTS) is 1. The summed E-state index contributed by atoms with van der Waals surface area (Å²) in [5, 5.41) is 9.18. The fourth-order valence-corrected chi connectivity index (χ4v) is 1.51. The summed E-state index contributed by atoms with van der Waals surface area (Å²) in [6.45, 7) is 1.97. The van der Waals surface area contributed by atoms with Gasteiger partial charge in [-0.15, -0.1) is 0 Å². The smallest absolute Gasteiger partial charge is 0.311 e. The maximum Gasteiger partial charge on any atom is 0.311 e. The molecule has 0 aliphatic heterocycles. The van der Waals surface area contributed by atoms with E-state index in [0.717, 1.165) is 5.69 Å². The minimum absolute atomic E-state index is 0.134. The normalized spacial score (nSPS) is 14.5. The van der Waals surface area contributed by atoms with Crippen LogP contribution in [0.2, 0.25) is 0 Å². The van der Waals surface area contributed by atoms with Crippen LogP contribution in [0.5, 0.6) is 0 Å². The van der Waals surface area contributed by atoms with Gasteiger partial charge in [0.15, 0.2) is 0 Å². The quantitative estimate of drug-likeness (QED) is 0.758. The first-order chi connectivity index (χ1) is 7.14. The molecule has 0 amide bonds. The maximum atomic E-state index is 11.2. The lowest BCUT2D eigenvalue weighted by Gasteiger charge is -2.25. The lowest BCUT2D eigenvalue weighted by molar-refractivity contribution is -0.148. The molecule has 1 aromatic rings. The summed E-state index contributed by atoms with van der Waals surface area (Å²) in [6.07, 6.45) is 2.56. The number of rotatable bonds is 5. The van der Waals surface area contributed by atoms with Gasteiger partial charge in [0.05, 0.1) is 5.41 Å². The third kappa shape index (κ3) is 2.53. The zero-order valence-electron chi connectivity index (χ0n) is 8.81. The van der Waals surface area contributed by atoms with Gasteiger partial charge in [-0.2, -0.15) is 0 Å². The summed E-state index contributed by atoms with van der Waals surface area (Å²) in [5.74, 6) is -0.849. The third-order valence-electron chi connectivity index (χ3n) is 2.77. The molecule has 1 unspecified atom stereocenters. The Kier molecular flexibility index (Phi) is 3.80. The van der Waals surface area contributed by atoms with Gasteiger partial charge < -0.3 is 10.8 Å². The van der Waals surface area contributed by atoms with Crippen molar-refractivity contribution in [2.24, 2.45) is 11.1 Å². The Bertz CT molecular complexity index is 321. The van der Waals surface area contributed by atoms with Crippen molar-refractivity contribution in [2.75, 3.05) is 6.54 Å². The van der Waals surface area contributed by atoms with Gasteiger partial charge >= 0.3 is 5.97 Å². The number of nitrogens with zero attached hydrogens (tertiary/aromatic N) is 1. The SMILES string of the molecule is CCC(CN)(Cc1ccccn1)C(=O)O. The van der Waals surface area contributed by atoms with Crippen LogP contribution in [0.4, 0.5) is 0 Å². The van der Waals surface area contributed by atoms with Crippen molar-refractivity contribution >= 4 is 5.97 Å². The first kappa shape index (κ1) is 11.7. The fraction of sp³-hybridized carbons (Fsp3) is 0.455. The molecule has 4 nitrogen and oxygen atoms in total. The van der Waals surface area contributed by atoms with Crippen molar-refractivity contribution in [3.8, 4) is 0 Å². The molecule has 3 N–H and O–H groups in total. The number of aliphatic carboxylic acids is 1. The number of hydrogen-bond acceptors (Lipinski definition) is 3. The number of carboxylic acids is 1. The Morgan fingerprint density at radius 1 is 1.60 bits per heavy atom. The van der Waals surface area contributed by atoms with Crippen LogP contribution >= 0.6 is 0 Å². The van der Waals surface area contributed by atoms with E-state index in [1.807, 2.05) is 19.1 Å². The topological polar surface area (TPSA) is 76.2 Å². The first-order valence-corrected chi connectivity index (χ1v) is 4.98. The number of pyridine rings is 1. The molecule has 1 atom stereocenters. The predicted molar refractivity (Wildman–Crippen MR) is 57.4 cm³/mol. The Labute approximate surface area is 89.1 Å². The zero-order chi connectivity index (χ0) is 11.3. The summed E-state index contributed by atoms with van der Waals surface area (Å²) in [7, 11) is 0. The maximum absolute atomic E-state index is 11.2. The van der Waals surface area contributed by atoms with E-state index in [0.29, 0.717) is 12.8 Å². The molecule has 15 heavy (non-hydrogen) atoms. The minimum Gasteiger partial charge on any atom is -0.481 e. The second-order valence-corrected chi connectivity index (χ2v) is 3.64. The van der Waals surface area contributed by atoms with Gasteiger partial charge in [0.25, 0.3) is 0 Å². The number of aromatic nitrogens is 1. The van der Waals surface area contributed by atoms with Gasteiger partial charge in [-0.25, -0.2) is 0 Å². The Morgan fingerprint density at radius 3 is 2.73 bits per heavy atom. The molecule has 0 aromatic carbocycles. The van der Waals surface area contributed by atoms with Crippen LogP contribution in [0.25, 0.3) is 0 Å². The highest BCUT2D eigenvalue weighted by Crippen LogP contribution is 2.25. The van der Waals surface area contributed by atoms with E-state index < -0.39 is 11.4 Å². The predicted octanol–water partition coefficient (Wildman–Crippen LogP) is 1.06. The van der Waals surface area contributed by atoms with E-state index in [9.17, 15) is 9.90 Å². The molecule has 0 spiro atoms. The minimum atomic E-state index is -0.881. The van der Waals surface area contributed by atoms with Gasteiger partial charge in [0.1, 0.15) is 0 Å². The molecule has 0 aliphatic rings. The van der Waals surface area contributed by atoms with E-state index >= 15 is 0 Å². The van der Waals surface area contributed by atoms with Gasteiger partial charge in [-0.1, -0.05) is 13.0 Å².